The first-order valence-electron chi connectivity index (χ1n) is 5.68. The van der Waals surface area contributed by atoms with Gasteiger partial charge < -0.3 is 10.3 Å². The van der Waals surface area contributed by atoms with Crippen LogP contribution in [0.2, 0.25) is 0 Å². The molecular formula is C13H10N4O2. The summed E-state index contributed by atoms with van der Waals surface area (Å²) in [6.07, 6.45) is 2.96. The summed E-state index contributed by atoms with van der Waals surface area (Å²) in [7, 11) is 0. The number of anilines is 2. The van der Waals surface area contributed by atoms with Crippen LogP contribution in [0.3, 0.4) is 0 Å². The van der Waals surface area contributed by atoms with Crippen molar-refractivity contribution in [3.8, 4) is 0 Å². The zero-order chi connectivity index (χ0) is 13.2. The van der Waals surface area contributed by atoms with Crippen LogP contribution in [-0.2, 0) is 0 Å². The molecule has 0 radical (unpaired) electrons. The minimum atomic E-state index is -0.440. The number of pyridine rings is 1. The molecule has 0 aliphatic carbocycles. The van der Waals surface area contributed by atoms with Crippen LogP contribution in [0.15, 0.2) is 48.8 Å². The fourth-order valence-corrected chi connectivity index (χ4v) is 1.93. The third-order valence-corrected chi connectivity index (χ3v) is 2.81. The van der Waals surface area contributed by atoms with Gasteiger partial charge in [-0.25, -0.2) is 4.98 Å². The molecule has 0 bridgehead atoms. The molecular weight excluding hydrogens is 244 g/mol. The second-order valence-corrected chi connectivity index (χ2v) is 4.01. The summed E-state index contributed by atoms with van der Waals surface area (Å²) in [6, 6.07) is 11.1. The number of nitro groups is 1. The number of fused-ring (bicyclic) bond motifs is 1. The van der Waals surface area contributed by atoms with E-state index >= 15 is 0 Å². The molecule has 3 aromatic rings. The fraction of sp³-hybridized carbons (Fsp3) is 0. The van der Waals surface area contributed by atoms with Crippen molar-refractivity contribution in [1.82, 2.24) is 9.97 Å². The molecule has 3 rings (SSSR count). The maximum Gasteiger partial charge on any atom is 0.311 e. The normalized spacial score (nSPS) is 10.5. The van der Waals surface area contributed by atoms with Gasteiger partial charge >= 0.3 is 5.69 Å². The van der Waals surface area contributed by atoms with Gasteiger partial charge in [-0.2, -0.15) is 0 Å². The van der Waals surface area contributed by atoms with Gasteiger partial charge in [-0.3, -0.25) is 10.1 Å². The Labute approximate surface area is 108 Å². The minimum Gasteiger partial charge on any atom is -0.349 e. The average molecular weight is 254 g/mol. The molecule has 2 heterocycles. The summed E-state index contributed by atoms with van der Waals surface area (Å²) in [5.41, 5.74) is 1.81. The predicted octanol–water partition coefficient (Wildman–Crippen LogP) is 3.21. The van der Waals surface area contributed by atoms with Crippen molar-refractivity contribution in [1.29, 1.82) is 0 Å². The highest BCUT2D eigenvalue weighted by atomic mass is 16.6. The lowest BCUT2D eigenvalue weighted by molar-refractivity contribution is -0.384. The summed E-state index contributed by atoms with van der Waals surface area (Å²) >= 11 is 0. The van der Waals surface area contributed by atoms with Crippen molar-refractivity contribution in [2.45, 2.75) is 0 Å². The maximum absolute atomic E-state index is 11.1. The molecule has 0 aliphatic rings. The highest BCUT2D eigenvalue weighted by Gasteiger charge is 2.18. The number of aromatic amines is 1. The Hall–Kier alpha value is -2.89. The van der Waals surface area contributed by atoms with Crippen LogP contribution in [0.4, 0.5) is 17.1 Å². The third-order valence-electron chi connectivity index (χ3n) is 2.81. The number of nitrogens with one attached hydrogen (secondary N) is 2. The quantitative estimate of drug-likeness (QED) is 0.555. The van der Waals surface area contributed by atoms with Crippen molar-refractivity contribution in [2.75, 3.05) is 5.32 Å². The largest absolute Gasteiger partial charge is 0.349 e. The molecule has 19 heavy (non-hydrogen) atoms. The van der Waals surface area contributed by atoms with Gasteiger partial charge in [0.15, 0.2) is 0 Å². The lowest BCUT2D eigenvalue weighted by atomic mass is 10.2. The van der Waals surface area contributed by atoms with Crippen molar-refractivity contribution < 1.29 is 4.92 Å². The Morgan fingerprint density at radius 2 is 2.00 bits per heavy atom. The Morgan fingerprint density at radius 1 is 1.21 bits per heavy atom. The summed E-state index contributed by atoms with van der Waals surface area (Å²) < 4.78 is 0. The SMILES string of the molecule is O=[N+]([O-])c1cnc2[nH]ccc2c1Nc1ccccc1. The first-order chi connectivity index (χ1) is 9.25. The minimum absolute atomic E-state index is 0.0454. The molecule has 6 heteroatoms. The van der Waals surface area contributed by atoms with E-state index in [2.05, 4.69) is 15.3 Å². The van der Waals surface area contributed by atoms with Gasteiger partial charge in [0.05, 0.1) is 4.92 Å². The molecule has 2 N–H and O–H groups in total. The number of nitrogens with zero attached hydrogens (tertiary/aromatic N) is 2. The number of aromatic nitrogens is 2. The highest BCUT2D eigenvalue weighted by Crippen LogP contribution is 2.33. The molecule has 1 aromatic carbocycles. The van der Waals surface area contributed by atoms with Crippen LogP contribution in [0.5, 0.6) is 0 Å². The number of hydrogen-bond acceptors (Lipinski definition) is 4. The fourth-order valence-electron chi connectivity index (χ4n) is 1.93. The molecule has 0 fully saturated rings. The number of para-hydroxylation sites is 1. The van der Waals surface area contributed by atoms with Crippen LogP contribution in [0.25, 0.3) is 11.0 Å². The Morgan fingerprint density at radius 3 is 2.74 bits per heavy atom. The van der Waals surface area contributed by atoms with Gasteiger partial charge in [0.25, 0.3) is 0 Å². The van der Waals surface area contributed by atoms with Gasteiger partial charge in [-0.15, -0.1) is 0 Å². The van der Waals surface area contributed by atoms with Crippen LogP contribution >= 0.6 is 0 Å². The summed E-state index contributed by atoms with van der Waals surface area (Å²) in [5.74, 6) is 0. The first-order valence-corrected chi connectivity index (χ1v) is 5.68. The monoisotopic (exact) mass is 254 g/mol. The molecule has 6 nitrogen and oxygen atoms in total. The lowest BCUT2D eigenvalue weighted by Crippen LogP contribution is -1.98. The zero-order valence-corrected chi connectivity index (χ0v) is 9.83. The standard InChI is InChI=1S/C13H10N4O2/c18-17(19)11-8-15-13-10(6-7-14-13)12(11)16-9-4-2-1-3-5-9/h1-8H,(H2,14,15,16). The Balaban J connectivity index is 2.16. The molecule has 0 spiro atoms. The van der Waals surface area contributed by atoms with Crippen LogP contribution in [0, 0.1) is 10.1 Å². The van der Waals surface area contributed by atoms with Crippen LogP contribution < -0.4 is 5.32 Å². The summed E-state index contributed by atoms with van der Waals surface area (Å²) in [4.78, 5) is 17.6. The zero-order valence-electron chi connectivity index (χ0n) is 9.83. The van der Waals surface area contributed by atoms with Gasteiger partial charge in [-0.1, -0.05) is 18.2 Å². The van der Waals surface area contributed by atoms with E-state index in [0.717, 1.165) is 5.69 Å². The molecule has 0 unspecified atom stereocenters. The molecule has 0 amide bonds. The van der Waals surface area contributed by atoms with E-state index in [9.17, 15) is 10.1 Å². The van der Waals surface area contributed by atoms with Gasteiger partial charge in [-0.05, 0) is 18.2 Å². The second-order valence-electron chi connectivity index (χ2n) is 4.01. The molecule has 0 atom stereocenters. The van der Waals surface area contributed by atoms with Crippen LogP contribution in [0.1, 0.15) is 0 Å². The third kappa shape index (κ3) is 1.99. The number of rotatable bonds is 3. The molecule has 2 aromatic heterocycles. The molecule has 0 aliphatic heterocycles. The number of benzene rings is 1. The number of hydrogen-bond donors (Lipinski definition) is 2. The predicted molar refractivity (Wildman–Crippen MR) is 72.5 cm³/mol. The van der Waals surface area contributed by atoms with Crippen molar-refractivity contribution in [3.63, 3.8) is 0 Å². The summed E-state index contributed by atoms with van der Waals surface area (Å²) in [5, 5.41) is 14.9. The maximum atomic E-state index is 11.1. The molecule has 0 saturated heterocycles. The van der Waals surface area contributed by atoms with Crippen LogP contribution in [-0.4, -0.2) is 14.9 Å². The highest BCUT2D eigenvalue weighted by molar-refractivity contribution is 5.96. The smallest absolute Gasteiger partial charge is 0.311 e. The Bertz CT molecular complexity index is 737. The topological polar surface area (TPSA) is 83.8 Å². The Kier molecular flexibility index (Phi) is 2.60. The first kappa shape index (κ1) is 11.2. The second kappa shape index (κ2) is 4.41. The lowest BCUT2D eigenvalue weighted by Gasteiger charge is -2.07. The van der Waals surface area contributed by atoms with E-state index in [-0.39, 0.29) is 5.69 Å². The van der Waals surface area contributed by atoms with Crippen molar-refractivity contribution in [2.24, 2.45) is 0 Å². The summed E-state index contributed by atoms with van der Waals surface area (Å²) in [6.45, 7) is 0. The van der Waals surface area contributed by atoms with Gasteiger partial charge in [0, 0.05) is 17.3 Å². The number of H-pyrrole nitrogens is 1. The van der Waals surface area contributed by atoms with Crippen molar-refractivity contribution in [3.05, 3.63) is 58.9 Å². The average Bonchev–Trinajstić information content (AvgIpc) is 2.88. The van der Waals surface area contributed by atoms with E-state index in [1.54, 1.807) is 12.3 Å². The van der Waals surface area contributed by atoms with Gasteiger partial charge in [0.1, 0.15) is 17.5 Å². The molecule has 0 saturated carbocycles. The van der Waals surface area contributed by atoms with E-state index in [4.69, 9.17) is 0 Å². The van der Waals surface area contributed by atoms with E-state index < -0.39 is 4.92 Å². The van der Waals surface area contributed by atoms with Crippen molar-refractivity contribution >= 4 is 28.1 Å². The van der Waals surface area contributed by atoms with E-state index in [0.29, 0.717) is 16.7 Å². The molecule has 94 valence electrons. The van der Waals surface area contributed by atoms with E-state index in [1.165, 1.54) is 6.20 Å². The van der Waals surface area contributed by atoms with E-state index in [1.807, 2.05) is 30.3 Å². The van der Waals surface area contributed by atoms with Gasteiger partial charge in [0.2, 0.25) is 0 Å².